The number of aromatic nitrogens is 2. The molecule has 0 spiro atoms. The van der Waals surface area contributed by atoms with Crippen LogP contribution in [0.25, 0.3) is 10.9 Å². The highest BCUT2D eigenvalue weighted by Gasteiger charge is 2.16. The monoisotopic (exact) mass is 419 g/mol. The molecule has 1 aromatic heterocycles. The summed E-state index contributed by atoms with van der Waals surface area (Å²) in [6.07, 6.45) is 5.01. The largest absolute Gasteiger partial charge is 0.465 e. The summed E-state index contributed by atoms with van der Waals surface area (Å²) in [4.78, 5) is 42.4. The Bertz CT molecular complexity index is 1230. The van der Waals surface area contributed by atoms with Gasteiger partial charge in [0, 0.05) is 24.2 Å². The Balaban J connectivity index is 1.67. The quantitative estimate of drug-likeness (QED) is 0.651. The van der Waals surface area contributed by atoms with Crippen LogP contribution in [0.2, 0.25) is 0 Å². The zero-order valence-corrected chi connectivity index (χ0v) is 17.7. The number of fused-ring (bicyclic) bond motifs is 2. The number of benzene rings is 2. The predicted octanol–water partition coefficient (Wildman–Crippen LogP) is 3.86. The van der Waals surface area contributed by atoms with E-state index in [9.17, 15) is 14.4 Å². The van der Waals surface area contributed by atoms with Crippen molar-refractivity contribution in [1.82, 2.24) is 9.55 Å². The van der Waals surface area contributed by atoms with Gasteiger partial charge in [-0.05, 0) is 55.7 Å². The Hall–Kier alpha value is -3.48. The molecule has 4 rings (SSSR count). The maximum Gasteiger partial charge on any atom is 0.337 e. The summed E-state index contributed by atoms with van der Waals surface area (Å²) in [5.74, 6) is -0.0144. The molecule has 1 aliphatic rings. The van der Waals surface area contributed by atoms with Crippen LogP contribution in [0, 0.1) is 6.92 Å². The SMILES string of the molecule is COC(=O)c1ccc(C)c(NC(=O)c2ccc3c(=O)n4c(nc3c2)CCCCCC4)c1. The average molecular weight is 419 g/mol. The highest BCUT2D eigenvalue weighted by Crippen LogP contribution is 2.20. The first-order valence-corrected chi connectivity index (χ1v) is 10.5. The molecule has 0 aliphatic carbocycles. The normalized spacial score (nSPS) is 13.7. The van der Waals surface area contributed by atoms with Crippen molar-refractivity contribution in [3.8, 4) is 0 Å². The highest BCUT2D eigenvalue weighted by atomic mass is 16.5. The van der Waals surface area contributed by atoms with Gasteiger partial charge >= 0.3 is 5.97 Å². The van der Waals surface area contributed by atoms with Crippen molar-refractivity contribution in [2.24, 2.45) is 0 Å². The number of methoxy groups -OCH3 is 1. The third-order valence-corrected chi connectivity index (χ3v) is 5.74. The second-order valence-electron chi connectivity index (χ2n) is 7.86. The Labute approximate surface area is 180 Å². The number of nitrogens with one attached hydrogen (secondary N) is 1. The molecule has 7 heteroatoms. The molecule has 0 saturated heterocycles. The Morgan fingerprint density at radius 2 is 1.81 bits per heavy atom. The van der Waals surface area contributed by atoms with Crippen LogP contribution in [-0.2, 0) is 17.7 Å². The second-order valence-corrected chi connectivity index (χ2v) is 7.86. The number of anilines is 1. The summed E-state index contributed by atoms with van der Waals surface area (Å²) >= 11 is 0. The molecule has 7 nitrogen and oxygen atoms in total. The van der Waals surface area contributed by atoms with Crippen molar-refractivity contribution in [2.45, 2.75) is 45.6 Å². The predicted molar refractivity (Wildman–Crippen MR) is 119 cm³/mol. The molecule has 31 heavy (non-hydrogen) atoms. The van der Waals surface area contributed by atoms with Crippen molar-refractivity contribution in [3.63, 3.8) is 0 Å². The van der Waals surface area contributed by atoms with Crippen LogP contribution in [0.15, 0.2) is 41.2 Å². The van der Waals surface area contributed by atoms with Crippen LogP contribution < -0.4 is 10.9 Å². The van der Waals surface area contributed by atoms with Crippen molar-refractivity contribution >= 4 is 28.5 Å². The molecule has 0 atom stereocenters. The van der Waals surface area contributed by atoms with E-state index in [2.05, 4.69) is 5.32 Å². The summed E-state index contributed by atoms with van der Waals surface area (Å²) in [6, 6.07) is 9.96. The fourth-order valence-electron chi connectivity index (χ4n) is 3.93. The lowest BCUT2D eigenvalue weighted by Gasteiger charge is -2.16. The summed E-state index contributed by atoms with van der Waals surface area (Å²) in [5.41, 5.74) is 2.59. The summed E-state index contributed by atoms with van der Waals surface area (Å²) in [6.45, 7) is 2.53. The standard InChI is InChI=1S/C24H25N3O4/c1-15-8-9-17(24(30)31-2)14-19(15)26-22(28)16-10-11-18-20(13-16)25-21-7-5-3-4-6-12-27(21)23(18)29/h8-11,13-14H,3-7,12H2,1-2H3,(H,26,28). The minimum Gasteiger partial charge on any atom is -0.465 e. The molecule has 0 unspecified atom stereocenters. The third kappa shape index (κ3) is 4.21. The molecule has 160 valence electrons. The summed E-state index contributed by atoms with van der Waals surface area (Å²) in [7, 11) is 1.31. The lowest BCUT2D eigenvalue weighted by molar-refractivity contribution is 0.0600. The topological polar surface area (TPSA) is 90.3 Å². The molecule has 1 amide bonds. The van der Waals surface area contributed by atoms with Gasteiger partial charge in [0.05, 0.1) is 23.6 Å². The lowest BCUT2D eigenvalue weighted by atomic mass is 10.1. The Morgan fingerprint density at radius 3 is 2.61 bits per heavy atom. The van der Waals surface area contributed by atoms with Gasteiger partial charge in [-0.25, -0.2) is 9.78 Å². The molecule has 0 bridgehead atoms. The zero-order valence-electron chi connectivity index (χ0n) is 17.7. The minimum atomic E-state index is -0.470. The van der Waals surface area contributed by atoms with E-state index in [1.165, 1.54) is 7.11 Å². The van der Waals surface area contributed by atoms with Gasteiger partial charge < -0.3 is 10.1 Å². The molecule has 0 fully saturated rings. The van der Waals surface area contributed by atoms with Crippen molar-refractivity contribution in [3.05, 3.63) is 69.3 Å². The molecule has 0 radical (unpaired) electrons. The number of nitrogens with zero attached hydrogens (tertiary/aromatic N) is 2. The molecular weight excluding hydrogens is 394 g/mol. The van der Waals surface area contributed by atoms with Crippen molar-refractivity contribution in [1.29, 1.82) is 0 Å². The number of aryl methyl sites for hydroxylation is 2. The number of esters is 1. The number of amides is 1. The fourth-order valence-corrected chi connectivity index (χ4v) is 3.93. The van der Waals surface area contributed by atoms with Gasteiger partial charge in [-0.3, -0.25) is 14.2 Å². The van der Waals surface area contributed by atoms with Crippen LogP contribution in [0.5, 0.6) is 0 Å². The van der Waals surface area contributed by atoms with E-state index in [4.69, 9.17) is 9.72 Å². The van der Waals surface area contributed by atoms with Gasteiger partial charge in [-0.1, -0.05) is 18.9 Å². The van der Waals surface area contributed by atoms with Crippen LogP contribution in [0.1, 0.15) is 57.8 Å². The van der Waals surface area contributed by atoms with Gasteiger partial charge in [-0.2, -0.15) is 0 Å². The molecule has 1 aliphatic heterocycles. The minimum absolute atomic E-state index is 0.0459. The number of hydrogen-bond donors (Lipinski definition) is 1. The molecule has 3 aromatic rings. The van der Waals surface area contributed by atoms with E-state index >= 15 is 0 Å². The van der Waals surface area contributed by atoms with Crippen LogP contribution in [0.3, 0.4) is 0 Å². The Morgan fingerprint density at radius 1 is 1.03 bits per heavy atom. The fraction of sp³-hybridized carbons (Fsp3) is 0.333. The van der Waals surface area contributed by atoms with Crippen molar-refractivity contribution < 1.29 is 14.3 Å². The maximum absolute atomic E-state index is 13.0. The van der Waals surface area contributed by atoms with Crippen LogP contribution in [-0.4, -0.2) is 28.5 Å². The summed E-state index contributed by atoms with van der Waals surface area (Å²) in [5, 5.41) is 3.37. The lowest BCUT2D eigenvalue weighted by Crippen LogP contribution is -2.26. The maximum atomic E-state index is 13.0. The number of carbonyl (C=O) groups is 2. The molecule has 2 heterocycles. The van der Waals surface area contributed by atoms with Crippen molar-refractivity contribution in [2.75, 3.05) is 12.4 Å². The number of ether oxygens (including phenoxy) is 1. The first-order valence-electron chi connectivity index (χ1n) is 10.5. The van der Waals surface area contributed by atoms with Gasteiger partial charge in [-0.15, -0.1) is 0 Å². The van der Waals surface area contributed by atoms with E-state index in [0.717, 1.165) is 43.5 Å². The average Bonchev–Trinajstić information content (AvgIpc) is 2.75. The first kappa shape index (κ1) is 20.8. The van der Waals surface area contributed by atoms with E-state index in [0.29, 0.717) is 34.3 Å². The smallest absolute Gasteiger partial charge is 0.337 e. The Kier molecular flexibility index (Phi) is 5.84. The molecule has 0 saturated carbocycles. The van der Waals surface area contributed by atoms with Crippen LogP contribution in [0.4, 0.5) is 5.69 Å². The van der Waals surface area contributed by atoms with Gasteiger partial charge in [0.1, 0.15) is 5.82 Å². The summed E-state index contributed by atoms with van der Waals surface area (Å²) < 4.78 is 6.53. The zero-order chi connectivity index (χ0) is 22.0. The van der Waals surface area contributed by atoms with E-state index in [1.807, 2.05) is 6.92 Å². The van der Waals surface area contributed by atoms with Gasteiger partial charge in [0.15, 0.2) is 0 Å². The van der Waals surface area contributed by atoms with E-state index < -0.39 is 5.97 Å². The number of carbonyl (C=O) groups excluding carboxylic acids is 2. The number of rotatable bonds is 3. The molecule has 1 N–H and O–H groups in total. The second kappa shape index (κ2) is 8.71. The first-order chi connectivity index (χ1) is 15.0. The molecule has 2 aromatic carbocycles. The highest BCUT2D eigenvalue weighted by molar-refractivity contribution is 6.07. The molecular formula is C24H25N3O4. The van der Waals surface area contributed by atoms with Crippen LogP contribution >= 0.6 is 0 Å². The third-order valence-electron chi connectivity index (χ3n) is 5.74. The van der Waals surface area contributed by atoms with Gasteiger partial charge in [0.2, 0.25) is 0 Å². The number of hydrogen-bond acceptors (Lipinski definition) is 5. The van der Waals surface area contributed by atoms with E-state index in [-0.39, 0.29) is 11.5 Å². The van der Waals surface area contributed by atoms with E-state index in [1.54, 1.807) is 41.0 Å². The van der Waals surface area contributed by atoms with Gasteiger partial charge in [0.25, 0.3) is 11.5 Å².